The summed E-state index contributed by atoms with van der Waals surface area (Å²) in [5.74, 6) is -0.0274. The first-order chi connectivity index (χ1) is 10.5. The summed E-state index contributed by atoms with van der Waals surface area (Å²) in [7, 11) is -3.51. The molecule has 0 spiro atoms. The van der Waals surface area contributed by atoms with Gasteiger partial charge in [-0.05, 0) is 43.3 Å². The van der Waals surface area contributed by atoms with Crippen LogP contribution >= 0.6 is 0 Å². The van der Waals surface area contributed by atoms with E-state index in [1.165, 1.54) is 6.07 Å². The van der Waals surface area contributed by atoms with Crippen molar-refractivity contribution < 1.29 is 13.2 Å². The number of carbonyl (C=O) groups excluding carboxylic acids is 1. The monoisotopic (exact) mass is 325 g/mol. The zero-order chi connectivity index (χ0) is 16.2. The number of hydrogen-bond acceptors (Lipinski definition) is 4. The van der Waals surface area contributed by atoms with E-state index in [0.717, 1.165) is 18.7 Å². The molecule has 1 amide bonds. The highest BCUT2D eigenvalue weighted by molar-refractivity contribution is 7.89. The molecule has 0 unspecified atom stereocenters. The van der Waals surface area contributed by atoms with Gasteiger partial charge < -0.3 is 10.2 Å². The second-order valence-corrected chi connectivity index (χ2v) is 7.06. The van der Waals surface area contributed by atoms with Gasteiger partial charge in [-0.1, -0.05) is 13.8 Å². The number of fused-ring (bicyclic) bond motifs is 1. The Morgan fingerprint density at radius 3 is 2.64 bits per heavy atom. The highest BCUT2D eigenvalue weighted by Crippen LogP contribution is 2.25. The number of benzene rings is 1. The lowest BCUT2D eigenvalue weighted by atomic mass is 10.0. The van der Waals surface area contributed by atoms with Crippen LogP contribution in [0.25, 0.3) is 0 Å². The van der Waals surface area contributed by atoms with Gasteiger partial charge in [0.1, 0.15) is 0 Å². The number of aryl methyl sites for hydroxylation is 1. The molecule has 0 saturated heterocycles. The van der Waals surface area contributed by atoms with Gasteiger partial charge in [0, 0.05) is 25.2 Å². The van der Waals surface area contributed by atoms with E-state index in [1.54, 1.807) is 12.1 Å². The maximum absolute atomic E-state index is 12.3. The third-order valence-corrected chi connectivity index (χ3v) is 5.36. The fraction of sp³-hybridized carbons (Fsp3) is 0.533. The second kappa shape index (κ2) is 7.21. The number of carbonyl (C=O) groups is 1. The first-order valence-electron chi connectivity index (χ1n) is 7.61. The molecule has 1 aromatic rings. The van der Waals surface area contributed by atoms with Gasteiger partial charge in [-0.15, -0.1) is 0 Å². The average molecular weight is 325 g/mol. The van der Waals surface area contributed by atoms with Crippen LogP contribution in [0.3, 0.4) is 0 Å². The topological polar surface area (TPSA) is 78.5 Å². The molecule has 0 saturated carbocycles. The zero-order valence-corrected chi connectivity index (χ0v) is 13.9. The number of anilines is 1. The predicted molar refractivity (Wildman–Crippen MR) is 86.4 cm³/mol. The van der Waals surface area contributed by atoms with Gasteiger partial charge in [-0.3, -0.25) is 4.79 Å². The largest absolute Gasteiger partial charge is 0.326 e. The van der Waals surface area contributed by atoms with E-state index in [1.807, 2.05) is 0 Å². The van der Waals surface area contributed by atoms with Gasteiger partial charge in [-0.2, -0.15) is 0 Å². The zero-order valence-electron chi connectivity index (χ0n) is 13.1. The highest BCUT2D eigenvalue weighted by Gasteiger charge is 2.19. The van der Waals surface area contributed by atoms with Gasteiger partial charge in [0.05, 0.1) is 4.90 Å². The molecule has 0 aromatic heterocycles. The number of rotatable bonds is 7. The van der Waals surface area contributed by atoms with Crippen molar-refractivity contribution in [3.63, 3.8) is 0 Å². The van der Waals surface area contributed by atoms with Gasteiger partial charge in [-0.25, -0.2) is 13.1 Å². The van der Waals surface area contributed by atoms with Crippen LogP contribution in [0, 0.1) is 0 Å². The fourth-order valence-electron chi connectivity index (χ4n) is 2.49. The van der Waals surface area contributed by atoms with Crippen molar-refractivity contribution in [2.75, 3.05) is 31.5 Å². The first kappa shape index (κ1) is 16.9. The molecule has 1 heterocycles. The molecule has 0 radical (unpaired) electrons. The second-order valence-electron chi connectivity index (χ2n) is 5.29. The van der Waals surface area contributed by atoms with Crippen molar-refractivity contribution in [3.05, 3.63) is 23.8 Å². The van der Waals surface area contributed by atoms with E-state index in [2.05, 4.69) is 28.8 Å². The van der Waals surface area contributed by atoms with E-state index >= 15 is 0 Å². The van der Waals surface area contributed by atoms with Crippen LogP contribution in [0.15, 0.2) is 23.1 Å². The molecular formula is C15H23N3O3S. The Hall–Kier alpha value is -1.44. The van der Waals surface area contributed by atoms with Crippen molar-refractivity contribution in [2.24, 2.45) is 0 Å². The maximum Gasteiger partial charge on any atom is 0.240 e. The Morgan fingerprint density at radius 1 is 1.23 bits per heavy atom. The van der Waals surface area contributed by atoms with Crippen molar-refractivity contribution in [1.29, 1.82) is 0 Å². The van der Waals surface area contributed by atoms with Gasteiger partial charge in [0.2, 0.25) is 15.9 Å². The standard InChI is InChI=1S/C15H23N3O3S/c1-3-18(4-2)10-9-16-22(20,21)13-6-7-14-12(11-13)5-8-15(19)17-14/h6-7,11,16H,3-5,8-10H2,1-2H3,(H,17,19). The van der Waals surface area contributed by atoms with E-state index in [-0.39, 0.29) is 10.8 Å². The first-order valence-corrected chi connectivity index (χ1v) is 9.09. The molecule has 7 heteroatoms. The Labute approximate surface area is 131 Å². The van der Waals surface area contributed by atoms with Crippen molar-refractivity contribution in [3.8, 4) is 0 Å². The summed E-state index contributed by atoms with van der Waals surface area (Å²) in [5.41, 5.74) is 1.57. The Kier molecular flexibility index (Phi) is 5.55. The van der Waals surface area contributed by atoms with E-state index in [0.29, 0.717) is 31.6 Å². The van der Waals surface area contributed by atoms with Crippen LogP contribution in [-0.2, 0) is 21.2 Å². The lowest BCUT2D eigenvalue weighted by molar-refractivity contribution is -0.116. The third-order valence-electron chi connectivity index (χ3n) is 3.90. The molecule has 2 rings (SSSR count). The number of amides is 1. The van der Waals surface area contributed by atoms with Gasteiger partial charge in [0.25, 0.3) is 0 Å². The van der Waals surface area contributed by atoms with Crippen LogP contribution < -0.4 is 10.0 Å². The number of hydrogen-bond donors (Lipinski definition) is 2. The predicted octanol–water partition coefficient (Wildman–Crippen LogP) is 1.19. The summed E-state index contributed by atoms with van der Waals surface area (Å²) in [6.07, 6.45) is 0.968. The molecule has 0 aliphatic carbocycles. The number of sulfonamides is 1. The summed E-state index contributed by atoms with van der Waals surface area (Å²) in [6.45, 7) is 6.98. The van der Waals surface area contributed by atoms with E-state index in [4.69, 9.17) is 0 Å². The van der Waals surface area contributed by atoms with Crippen LogP contribution in [-0.4, -0.2) is 45.4 Å². The summed E-state index contributed by atoms with van der Waals surface area (Å²) >= 11 is 0. The maximum atomic E-state index is 12.3. The number of nitrogens with zero attached hydrogens (tertiary/aromatic N) is 1. The molecule has 122 valence electrons. The Balaban J connectivity index is 2.05. The minimum atomic E-state index is -3.51. The molecular weight excluding hydrogens is 302 g/mol. The lowest BCUT2D eigenvalue weighted by Gasteiger charge is -2.19. The molecule has 0 bridgehead atoms. The lowest BCUT2D eigenvalue weighted by Crippen LogP contribution is -2.34. The SMILES string of the molecule is CCN(CC)CCNS(=O)(=O)c1ccc2c(c1)CCC(=O)N2. The molecule has 22 heavy (non-hydrogen) atoms. The molecule has 6 nitrogen and oxygen atoms in total. The van der Waals surface area contributed by atoms with E-state index < -0.39 is 10.0 Å². The minimum absolute atomic E-state index is 0.0274. The smallest absolute Gasteiger partial charge is 0.240 e. The van der Waals surface area contributed by atoms with Crippen LogP contribution in [0.2, 0.25) is 0 Å². The number of likely N-dealkylation sites (N-methyl/N-ethyl adjacent to an activating group) is 1. The fourth-order valence-corrected chi connectivity index (χ4v) is 3.56. The summed E-state index contributed by atoms with van der Waals surface area (Å²) < 4.78 is 27.3. The average Bonchev–Trinajstić information content (AvgIpc) is 2.51. The van der Waals surface area contributed by atoms with Crippen molar-refractivity contribution >= 4 is 21.6 Å². The van der Waals surface area contributed by atoms with Crippen molar-refractivity contribution in [1.82, 2.24) is 9.62 Å². The van der Waals surface area contributed by atoms with Crippen LogP contribution in [0.1, 0.15) is 25.8 Å². The van der Waals surface area contributed by atoms with Crippen molar-refractivity contribution in [2.45, 2.75) is 31.6 Å². The normalized spacial score (nSPS) is 14.8. The summed E-state index contributed by atoms with van der Waals surface area (Å²) in [5, 5.41) is 2.75. The molecule has 1 aliphatic heterocycles. The summed E-state index contributed by atoms with van der Waals surface area (Å²) in [6, 6.07) is 4.84. The summed E-state index contributed by atoms with van der Waals surface area (Å²) in [4.78, 5) is 13.7. The molecule has 2 N–H and O–H groups in total. The quantitative estimate of drug-likeness (QED) is 0.789. The third kappa shape index (κ3) is 4.06. The van der Waals surface area contributed by atoms with Crippen LogP contribution in [0.4, 0.5) is 5.69 Å². The molecule has 1 aliphatic rings. The van der Waals surface area contributed by atoms with Gasteiger partial charge in [0.15, 0.2) is 0 Å². The molecule has 1 aromatic carbocycles. The van der Waals surface area contributed by atoms with Crippen LogP contribution in [0.5, 0.6) is 0 Å². The Morgan fingerprint density at radius 2 is 1.95 bits per heavy atom. The van der Waals surface area contributed by atoms with Gasteiger partial charge >= 0.3 is 0 Å². The Bertz CT molecular complexity index is 639. The molecule has 0 fully saturated rings. The minimum Gasteiger partial charge on any atom is -0.326 e. The number of nitrogens with one attached hydrogen (secondary N) is 2. The van der Waals surface area contributed by atoms with E-state index in [9.17, 15) is 13.2 Å². The molecule has 0 atom stereocenters. The highest BCUT2D eigenvalue weighted by atomic mass is 32.2.